The lowest BCUT2D eigenvalue weighted by molar-refractivity contribution is -0.123. The number of nitrogens with one attached hydrogen (secondary N) is 2. The van der Waals surface area contributed by atoms with Crippen LogP contribution in [0.1, 0.15) is 15.2 Å². The van der Waals surface area contributed by atoms with Crippen LogP contribution in [0.15, 0.2) is 66.0 Å². The summed E-state index contributed by atoms with van der Waals surface area (Å²) < 4.78 is 5.55. The maximum absolute atomic E-state index is 12.6. The summed E-state index contributed by atoms with van der Waals surface area (Å²) in [6, 6.07) is 17.6. The van der Waals surface area contributed by atoms with Crippen LogP contribution >= 0.6 is 22.9 Å². The van der Waals surface area contributed by atoms with Gasteiger partial charge in [0, 0.05) is 15.6 Å². The molecule has 1 heterocycles. The average Bonchev–Trinajstić information content (AvgIpc) is 3.19. The number of rotatable bonds is 7. The minimum Gasteiger partial charge on any atom is -0.483 e. The maximum Gasteiger partial charge on any atom is 0.259 e. The second kappa shape index (κ2) is 9.21. The molecular formula is C20H17ClN2O3S. The van der Waals surface area contributed by atoms with Gasteiger partial charge in [0.1, 0.15) is 5.75 Å². The maximum atomic E-state index is 12.6. The van der Waals surface area contributed by atoms with E-state index >= 15 is 0 Å². The van der Waals surface area contributed by atoms with Crippen LogP contribution in [-0.4, -0.2) is 18.4 Å². The van der Waals surface area contributed by atoms with Crippen LogP contribution in [0, 0.1) is 0 Å². The number of hydrogen-bond donors (Lipinski definition) is 2. The van der Waals surface area contributed by atoms with Crippen LogP contribution in [0.3, 0.4) is 0 Å². The normalized spacial score (nSPS) is 10.3. The predicted octanol–water partition coefficient (Wildman–Crippen LogP) is 4.35. The summed E-state index contributed by atoms with van der Waals surface area (Å²) >= 11 is 7.58. The van der Waals surface area contributed by atoms with Crippen molar-refractivity contribution in [3.05, 3.63) is 81.5 Å². The Kier molecular flexibility index (Phi) is 6.46. The highest BCUT2D eigenvalue weighted by Crippen LogP contribution is 2.24. The number of hydrogen-bond acceptors (Lipinski definition) is 4. The molecule has 138 valence electrons. The largest absolute Gasteiger partial charge is 0.483 e. The van der Waals surface area contributed by atoms with Gasteiger partial charge < -0.3 is 15.4 Å². The molecule has 0 unspecified atom stereocenters. The summed E-state index contributed by atoms with van der Waals surface area (Å²) in [7, 11) is 0. The molecule has 0 radical (unpaired) electrons. The van der Waals surface area contributed by atoms with E-state index in [0.717, 1.165) is 4.88 Å². The van der Waals surface area contributed by atoms with Gasteiger partial charge in [0.05, 0.1) is 12.1 Å². The summed E-state index contributed by atoms with van der Waals surface area (Å²) in [6.45, 7) is 0.250. The molecule has 0 atom stereocenters. The fraction of sp³-hybridized carbons (Fsp3) is 0.100. The Morgan fingerprint density at radius 2 is 1.85 bits per heavy atom. The number of carbonyl (C=O) groups is 2. The molecule has 0 spiro atoms. The number of carbonyl (C=O) groups excluding carboxylic acids is 2. The van der Waals surface area contributed by atoms with Gasteiger partial charge in [0.25, 0.3) is 11.8 Å². The van der Waals surface area contributed by atoms with Crippen molar-refractivity contribution in [2.45, 2.75) is 6.54 Å². The molecule has 0 saturated carbocycles. The van der Waals surface area contributed by atoms with Crippen LogP contribution in [0.4, 0.5) is 5.69 Å². The third-order valence-electron chi connectivity index (χ3n) is 3.62. The van der Waals surface area contributed by atoms with Gasteiger partial charge in [-0.1, -0.05) is 35.9 Å². The molecule has 0 fully saturated rings. The van der Waals surface area contributed by atoms with Crippen LogP contribution in [0.25, 0.3) is 0 Å². The van der Waals surface area contributed by atoms with Gasteiger partial charge in [-0.2, -0.15) is 0 Å². The molecule has 3 aromatic rings. The molecule has 0 aliphatic carbocycles. The number of halogens is 1. The number of para-hydroxylation sites is 1. The van der Waals surface area contributed by atoms with E-state index in [1.54, 1.807) is 35.6 Å². The zero-order valence-corrected chi connectivity index (χ0v) is 15.8. The third kappa shape index (κ3) is 5.57. The molecule has 0 aliphatic rings. The van der Waals surface area contributed by atoms with E-state index in [9.17, 15) is 9.59 Å². The molecule has 5 nitrogen and oxygen atoms in total. The van der Waals surface area contributed by atoms with Gasteiger partial charge in [0.15, 0.2) is 6.61 Å². The highest BCUT2D eigenvalue weighted by Gasteiger charge is 2.15. The van der Waals surface area contributed by atoms with Crippen molar-refractivity contribution in [1.82, 2.24) is 5.32 Å². The van der Waals surface area contributed by atoms with E-state index in [0.29, 0.717) is 23.0 Å². The zero-order chi connectivity index (χ0) is 19.1. The minimum absolute atomic E-state index is 0.196. The van der Waals surface area contributed by atoms with E-state index in [2.05, 4.69) is 10.6 Å². The number of ether oxygens (including phenoxy) is 1. The van der Waals surface area contributed by atoms with Crippen molar-refractivity contribution in [2.75, 3.05) is 11.9 Å². The Balaban J connectivity index is 1.63. The quantitative estimate of drug-likeness (QED) is 0.619. The fourth-order valence-electron chi connectivity index (χ4n) is 2.32. The first-order valence-corrected chi connectivity index (χ1v) is 9.45. The first kappa shape index (κ1) is 18.9. The Labute approximate surface area is 165 Å². The average molecular weight is 401 g/mol. The Morgan fingerprint density at radius 3 is 2.59 bits per heavy atom. The lowest BCUT2D eigenvalue weighted by Crippen LogP contribution is -2.28. The summed E-state index contributed by atoms with van der Waals surface area (Å²) in [5.41, 5.74) is 0.916. The molecule has 0 saturated heterocycles. The van der Waals surface area contributed by atoms with Crippen molar-refractivity contribution < 1.29 is 14.3 Å². The number of benzene rings is 2. The second-order valence-electron chi connectivity index (χ2n) is 5.61. The first-order chi connectivity index (χ1) is 13.1. The molecule has 27 heavy (non-hydrogen) atoms. The van der Waals surface area contributed by atoms with Crippen molar-refractivity contribution in [1.29, 1.82) is 0 Å². The second-order valence-corrected chi connectivity index (χ2v) is 7.07. The third-order valence-corrected chi connectivity index (χ3v) is 4.73. The summed E-state index contributed by atoms with van der Waals surface area (Å²) in [4.78, 5) is 25.6. The predicted molar refractivity (Wildman–Crippen MR) is 108 cm³/mol. The van der Waals surface area contributed by atoms with Crippen LogP contribution in [0.2, 0.25) is 5.02 Å². The molecule has 2 N–H and O–H groups in total. The Bertz CT molecular complexity index is 914. The van der Waals surface area contributed by atoms with Gasteiger partial charge in [-0.25, -0.2) is 0 Å². The van der Waals surface area contributed by atoms with Crippen molar-refractivity contribution >= 4 is 40.4 Å². The monoisotopic (exact) mass is 400 g/mol. The van der Waals surface area contributed by atoms with Gasteiger partial charge in [-0.15, -0.1) is 11.3 Å². The van der Waals surface area contributed by atoms with E-state index in [4.69, 9.17) is 16.3 Å². The zero-order valence-electron chi connectivity index (χ0n) is 14.3. The smallest absolute Gasteiger partial charge is 0.259 e. The minimum atomic E-state index is -0.363. The fourth-order valence-corrected chi connectivity index (χ4v) is 3.14. The van der Waals surface area contributed by atoms with E-state index < -0.39 is 0 Å². The number of anilines is 1. The molecule has 2 aromatic carbocycles. The van der Waals surface area contributed by atoms with Crippen molar-refractivity contribution in [3.63, 3.8) is 0 Å². The van der Waals surface area contributed by atoms with Gasteiger partial charge in [-0.3, -0.25) is 9.59 Å². The lowest BCUT2D eigenvalue weighted by Gasteiger charge is -2.12. The SMILES string of the molecule is O=C(COc1ccc(Cl)cc1C(=O)Nc1ccccc1)NCc1cccs1. The van der Waals surface area contributed by atoms with Crippen LogP contribution in [0.5, 0.6) is 5.75 Å². The molecule has 3 rings (SSSR count). The van der Waals surface area contributed by atoms with E-state index in [1.807, 2.05) is 35.7 Å². The van der Waals surface area contributed by atoms with E-state index in [-0.39, 0.29) is 24.0 Å². The highest BCUT2D eigenvalue weighted by molar-refractivity contribution is 7.09. The summed E-state index contributed by atoms with van der Waals surface area (Å²) in [5.74, 6) is -0.343. The molecular weight excluding hydrogens is 384 g/mol. The molecule has 2 amide bonds. The van der Waals surface area contributed by atoms with Gasteiger partial charge >= 0.3 is 0 Å². The Morgan fingerprint density at radius 1 is 1.04 bits per heavy atom. The summed E-state index contributed by atoms with van der Waals surface area (Å²) in [6.07, 6.45) is 0. The Hall–Kier alpha value is -2.83. The van der Waals surface area contributed by atoms with Crippen molar-refractivity contribution in [3.8, 4) is 5.75 Å². The number of thiophene rings is 1. The van der Waals surface area contributed by atoms with Gasteiger partial charge in [0.2, 0.25) is 0 Å². The van der Waals surface area contributed by atoms with E-state index in [1.165, 1.54) is 6.07 Å². The summed E-state index contributed by atoms with van der Waals surface area (Å²) in [5, 5.41) is 7.91. The molecule has 0 bridgehead atoms. The molecule has 0 aliphatic heterocycles. The van der Waals surface area contributed by atoms with Crippen LogP contribution < -0.4 is 15.4 Å². The topological polar surface area (TPSA) is 67.4 Å². The van der Waals surface area contributed by atoms with Crippen molar-refractivity contribution in [2.24, 2.45) is 0 Å². The lowest BCUT2D eigenvalue weighted by atomic mass is 10.2. The van der Waals surface area contributed by atoms with Gasteiger partial charge in [-0.05, 0) is 41.8 Å². The molecule has 7 heteroatoms. The standard InChI is InChI=1S/C20H17ClN2O3S/c21-14-8-9-18(26-13-19(24)22-12-16-7-4-10-27-16)17(11-14)20(25)23-15-5-2-1-3-6-15/h1-11H,12-13H2,(H,22,24)(H,23,25). The molecule has 1 aromatic heterocycles. The highest BCUT2D eigenvalue weighted by atomic mass is 35.5. The van der Waals surface area contributed by atoms with Crippen LogP contribution in [-0.2, 0) is 11.3 Å². The first-order valence-electron chi connectivity index (χ1n) is 8.19. The number of amides is 2.